The number of morpholine rings is 1. The average Bonchev–Trinajstić information content (AvgIpc) is 2.15. The number of nitrogens with zero attached hydrogens (tertiary/aromatic N) is 2. The van der Waals surface area contributed by atoms with Crippen LogP contribution in [0.1, 0.15) is 20.8 Å². The van der Waals surface area contributed by atoms with Crippen LogP contribution in [0.5, 0.6) is 0 Å². The van der Waals surface area contributed by atoms with Crippen molar-refractivity contribution in [3.8, 4) is 6.07 Å². The third kappa shape index (κ3) is 3.76. The van der Waals surface area contributed by atoms with E-state index in [4.69, 9.17) is 14.7 Å². The Morgan fingerprint density at radius 1 is 1.60 bits per heavy atom. The Kier molecular flexibility index (Phi) is 3.53. The van der Waals surface area contributed by atoms with Gasteiger partial charge in [-0.15, -0.1) is 0 Å². The van der Waals surface area contributed by atoms with Crippen LogP contribution >= 0.6 is 0 Å². The van der Waals surface area contributed by atoms with Crippen LogP contribution in [0.15, 0.2) is 0 Å². The number of hydrogen-bond acceptors (Lipinski definition) is 4. The van der Waals surface area contributed by atoms with Crippen LogP contribution in [-0.4, -0.2) is 42.4 Å². The van der Waals surface area contributed by atoms with Gasteiger partial charge in [-0.25, -0.2) is 4.79 Å². The normalized spacial score (nSPS) is 22.0. The van der Waals surface area contributed by atoms with Crippen molar-refractivity contribution in [2.45, 2.75) is 32.5 Å². The molecule has 0 aliphatic carbocycles. The van der Waals surface area contributed by atoms with Gasteiger partial charge in [-0.2, -0.15) is 5.26 Å². The first-order chi connectivity index (χ1) is 6.92. The first-order valence-electron chi connectivity index (χ1n) is 4.91. The van der Waals surface area contributed by atoms with Crippen molar-refractivity contribution >= 4 is 6.09 Å². The average molecular weight is 212 g/mol. The van der Waals surface area contributed by atoms with Crippen molar-refractivity contribution in [3.63, 3.8) is 0 Å². The summed E-state index contributed by atoms with van der Waals surface area (Å²) in [4.78, 5) is 13.1. The summed E-state index contributed by atoms with van der Waals surface area (Å²) in [6.45, 7) is 6.59. The minimum absolute atomic E-state index is 0.283. The third-order valence-corrected chi connectivity index (χ3v) is 1.86. The highest BCUT2D eigenvalue weighted by Gasteiger charge is 2.27. The molecule has 1 rings (SSSR count). The Labute approximate surface area is 89.6 Å². The van der Waals surface area contributed by atoms with Crippen molar-refractivity contribution in [2.75, 3.05) is 19.7 Å². The number of carbonyl (C=O) groups excluding carboxylic acids is 1. The summed E-state index contributed by atoms with van der Waals surface area (Å²) in [5, 5.41) is 8.67. The SMILES string of the molecule is CC(C)(C)OC(=O)N1CCO[C@@H](C#N)C1. The van der Waals surface area contributed by atoms with Gasteiger partial charge in [0.05, 0.1) is 19.2 Å². The number of carbonyl (C=O) groups is 1. The van der Waals surface area contributed by atoms with E-state index < -0.39 is 11.7 Å². The van der Waals surface area contributed by atoms with Crippen molar-refractivity contribution in [1.29, 1.82) is 5.26 Å². The molecule has 1 saturated heterocycles. The molecule has 5 nitrogen and oxygen atoms in total. The fourth-order valence-electron chi connectivity index (χ4n) is 1.22. The first-order valence-corrected chi connectivity index (χ1v) is 4.91. The quantitative estimate of drug-likeness (QED) is 0.604. The Balaban J connectivity index is 2.50. The van der Waals surface area contributed by atoms with Crippen molar-refractivity contribution in [1.82, 2.24) is 4.90 Å². The summed E-state index contributed by atoms with van der Waals surface area (Å²) in [6, 6.07) is 1.98. The van der Waals surface area contributed by atoms with Gasteiger partial charge in [0.15, 0.2) is 6.10 Å². The smallest absolute Gasteiger partial charge is 0.410 e. The maximum atomic E-state index is 11.6. The molecule has 0 bridgehead atoms. The van der Waals surface area contributed by atoms with Crippen LogP contribution in [0.4, 0.5) is 4.79 Å². The van der Waals surface area contributed by atoms with Crippen LogP contribution in [0.25, 0.3) is 0 Å². The number of amides is 1. The van der Waals surface area contributed by atoms with Crippen LogP contribution < -0.4 is 0 Å². The Morgan fingerprint density at radius 3 is 2.80 bits per heavy atom. The fraction of sp³-hybridized carbons (Fsp3) is 0.800. The Morgan fingerprint density at radius 2 is 2.27 bits per heavy atom. The number of ether oxygens (including phenoxy) is 2. The molecule has 0 saturated carbocycles. The molecule has 5 heteroatoms. The van der Waals surface area contributed by atoms with Gasteiger partial charge < -0.3 is 14.4 Å². The largest absolute Gasteiger partial charge is 0.444 e. The van der Waals surface area contributed by atoms with E-state index in [0.29, 0.717) is 13.2 Å². The van der Waals surface area contributed by atoms with Crippen LogP contribution in [0.3, 0.4) is 0 Å². The minimum atomic E-state index is -0.536. The fourth-order valence-corrected chi connectivity index (χ4v) is 1.22. The highest BCUT2D eigenvalue weighted by Crippen LogP contribution is 2.12. The standard InChI is InChI=1S/C10H16N2O3/c1-10(2,3)15-9(13)12-4-5-14-8(6-11)7-12/h8H,4-5,7H2,1-3H3/t8-/m0/s1. The lowest BCUT2D eigenvalue weighted by molar-refractivity contribution is -0.0241. The highest BCUT2D eigenvalue weighted by atomic mass is 16.6. The third-order valence-electron chi connectivity index (χ3n) is 1.86. The molecule has 1 amide bonds. The molecule has 15 heavy (non-hydrogen) atoms. The van der Waals surface area contributed by atoms with Gasteiger partial charge in [0.1, 0.15) is 5.60 Å². The molecule has 1 aliphatic heterocycles. The van der Waals surface area contributed by atoms with Gasteiger partial charge in [-0.1, -0.05) is 0 Å². The Hall–Kier alpha value is -1.28. The monoisotopic (exact) mass is 212 g/mol. The second-order valence-corrected chi connectivity index (χ2v) is 4.41. The predicted molar refractivity (Wildman–Crippen MR) is 53.2 cm³/mol. The molecule has 1 heterocycles. The topological polar surface area (TPSA) is 62.6 Å². The summed E-state index contributed by atoms with van der Waals surface area (Å²) in [7, 11) is 0. The van der Waals surface area contributed by atoms with Crippen LogP contribution in [0.2, 0.25) is 0 Å². The number of hydrogen-bond donors (Lipinski definition) is 0. The predicted octanol–water partition coefficient (Wildman–Crippen LogP) is 1.15. The molecule has 1 atom stereocenters. The molecular formula is C10H16N2O3. The van der Waals surface area contributed by atoms with Gasteiger partial charge in [0.2, 0.25) is 0 Å². The highest BCUT2D eigenvalue weighted by molar-refractivity contribution is 5.68. The summed E-state index contributed by atoms with van der Waals surface area (Å²) >= 11 is 0. The molecule has 0 unspecified atom stereocenters. The van der Waals surface area contributed by atoms with E-state index >= 15 is 0 Å². The zero-order valence-corrected chi connectivity index (χ0v) is 9.32. The second kappa shape index (κ2) is 4.49. The van der Waals surface area contributed by atoms with Gasteiger partial charge in [-0.05, 0) is 20.8 Å². The molecule has 0 aromatic rings. The van der Waals surface area contributed by atoms with E-state index in [2.05, 4.69) is 0 Å². The summed E-state index contributed by atoms with van der Waals surface area (Å²) in [5.41, 5.74) is -0.502. The molecule has 1 aliphatic rings. The van der Waals surface area contributed by atoms with E-state index in [1.165, 1.54) is 4.90 Å². The zero-order valence-electron chi connectivity index (χ0n) is 9.32. The molecule has 1 fully saturated rings. The van der Waals surface area contributed by atoms with Crippen molar-refractivity contribution in [3.05, 3.63) is 0 Å². The van der Waals surface area contributed by atoms with E-state index in [0.717, 1.165) is 0 Å². The molecule has 84 valence electrons. The van der Waals surface area contributed by atoms with E-state index in [1.807, 2.05) is 26.8 Å². The first kappa shape index (κ1) is 11.8. The van der Waals surface area contributed by atoms with Gasteiger partial charge >= 0.3 is 6.09 Å². The lowest BCUT2D eigenvalue weighted by Gasteiger charge is -2.31. The van der Waals surface area contributed by atoms with E-state index in [-0.39, 0.29) is 12.6 Å². The van der Waals surface area contributed by atoms with Crippen LogP contribution in [-0.2, 0) is 9.47 Å². The van der Waals surface area contributed by atoms with Crippen molar-refractivity contribution in [2.24, 2.45) is 0 Å². The maximum absolute atomic E-state index is 11.6. The van der Waals surface area contributed by atoms with Gasteiger partial charge in [-0.3, -0.25) is 0 Å². The molecule has 0 N–H and O–H groups in total. The lowest BCUT2D eigenvalue weighted by atomic mass is 10.2. The summed E-state index contributed by atoms with van der Waals surface area (Å²) < 4.78 is 10.3. The molecular weight excluding hydrogens is 196 g/mol. The summed E-state index contributed by atoms with van der Waals surface area (Å²) in [6.07, 6.45) is -0.919. The lowest BCUT2D eigenvalue weighted by Crippen LogP contribution is -2.47. The van der Waals surface area contributed by atoms with Gasteiger partial charge in [0, 0.05) is 6.54 Å². The molecule has 0 aromatic heterocycles. The van der Waals surface area contributed by atoms with Crippen LogP contribution in [0, 0.1) is 11.3 Å². The Bertz CT molecular complexity index is 277. The van der Waals surface area contributed by atoms with E-state index in [1.54, 1.807) is 0 Å². The van der Waals surface area contributed by atoms with E-state index in [9.17, 15) is 4.79 Å². The molecule has 0 aromatic carbocycles. The summed E-state index contributed by atoms with van der Waals surface area (Å²) in [5.74, 6) is 0. The number of rotatable bonds is 0. The number of nitriles is 1. The minimum Gasteiger partial charge on any atom is -0.444 e. The zero-order chi connectivity index (χ0) is 11.5. The van der Waals surface area contributed by atoms with Crippen molar-refractivity contribution < 1.29 is 14.3 Å². The second-order valence-electron chi connectivity index (χ2n) is 4.41. The molecule has 0 spiro atoms. The van der Waals surface area contributed by atoms with Gasteiger partial charge in [0.25, 0.3) is 0 Å². The molecule has 0 radical (unpaired) electrons. The maximum Gasteiger partial charge on any atom is 0.410 e.